The van der Waals surface area contributed by atoms with Crippen molar-refractivity contribution < 1.29 is 4.79 Å². The van der Waals surface area contributed by atoms with E-state index in [1.807, 2.05) is 12.1 Å². The summed E-state index contributed by atoms with van der Waals surface area (Å²) in [6, 6.07) is 0.451. The zero-order chi connectivity index (χ0) is 23.5. The molecular weight excluding hydrogens is 426 g/mol. The second-order valence-corrected chi connectivity index (χ2v) is 11.9. The van der Waals surface area contributed by atoms with E-state index in [9.17, 15) is 4.79 Å². The first-order valence-corrected chi connectivity index (χ1v) is 12.7. The normalized spacial score (nSPS) is 34.8. The second-order valence-electron chi connectivity index (χ2n) is 11.3. The largest absolute Gasteiger partial charge is 0.339 e. The topological polar surface area (TPSA) is 92.8 Å². The highest BCUT2D eigenvalue weighted by Crippen LogP contribution is 2.32. The molecule has 0 aromatic carbocycles. The average molecular weight is 470 g/mol. The molecule has 2 saturated heterocycles. The fraction of sp³-hybridized carbons (Fsp3) is 0.913. The van der Waals surface area contributed by atoms with E-state index in [4.69, 9.17) is 11.6 Å². The highest BCUT2D eigenvalue weighted by Gasteiger charge is 2.40. The lowest BCUT2D eigenvalue weighted by Gasteiger charge is -2.29. The lowest BCUT2D eigenvalue weighted by atomic mass is 9.83. The van der Waals surface area contributed by atoms with Crippen molar-refractivity contribution in [2.45, 2.75) is 103 Å². The van der Waals surface area contributed by atoms with Gasteiger partial charge in [-0.05, 0) is 55.8 Å². The lowest BCUT2D eigenvalue weighted by molar-refractivity contribution is -0.124. The number of rotatable bonds is 5. The van der Waals surface area contributed by atoms with Crippen LogP contribution in [0, 0.1) is 17.3 Å². The van der Waals surface area contributed by atoms with Crippen LogP contribution in [0.3, 0.4) is 0 Å². The summed E-state index contributed by atoms with van der Waals surface area (Å²) in [5, 5.41) is 8.78. The summed E-state index contributed by atoms with van der Waals surface area (Å²) < 4.78 is 0. The van der Waals surface area contributed by atoms with Gasteiger partial charge < -0.3 is 5.32 Å². The highest BCUT2D eigenvalue weighted by atomic mass is 35.5. The number of hydrogen-bond acceptors (Lipinski definition) is 6. The Morgan fingerprint density at radius 3 is 2.44 bits per heavy atom. The van der Waals surface area contributed by atoms with Gasteiger partial charge in [0.25, 0.3) is 0 Å². The van der Waals surface area contributed by atoms with Crippen molar-refractivity contribution in [1.29, 1.82) is 0 Å². The molecule has 0 aromatic heterocycles. The molecule has 0 bridgehead atoms. The van der Waals surface area contributed by atoms with Crippen LogP contribution < -0.4 is 26.9 Å². The average Bonchev–Trinajstić information content (AvgIpc) is 3.33. The molecule has 8 nitrogen and oxygen atoms in total. The molecule has 4 atom stereocenters. The summed E-state index contributed by atoms with van der Waals surface area (Å²) in [7, 11) is 1.94. The van der Waals surface area contributed by atoms with Gasteiger partial charge in [0.15, 0.2) is 5.96 Å². The molecular formula is C23H44ClN7O. The quantitative estimate of drug-likeness (QED) is 0.241. The Hall–Kier alpha value is -0.930. The first-order chi connectivity index (χ1) is 15.0. The summed E-state index contributed by atoms with van der Waals surface area (Å²) in [5.41, 5.74) is 10.4. The summed E-state index contributed by atoms with van der Waals surface area (Å²) >= 11 is 6.28. The van der Waals surface area contributed by atoms with Gasteiger partial charge in [-0.2, -0.15) is 0 Å². The zero-order valence-electron chi connectivity index (χ0n) is 20.7. The Kier molecular flexibility index (Phi) is 8.83. The van der Waals surface area contributed by atoms with Crippen LogP contribution in [0.25, 0.3) is 0 Å². The number of likely N-dealkylation sites (N-methyl/N-ethyl adjacent to an activating group) is 1. The number of alkyl halides is 1. The number of nitrogens with zero attached hydrogens (tertiary/aromatic N) is 2. The van der Waals surface area contributed by atoms with E-state index in [1.54, 1.807) is 0 Å². The molecule has 1 aliphatic carbocycles. The molecule has 3 rings (SSSR count). The predicted octanol–water partition coefficient (Wildman–Crippen LogP) is 2.32. The minimum atomic E-state index is -0.224. The van der Waals surface area contributed by atoms with Crippen LogP contribution in [0.2, 0.25) is 0 Å². The molecule has 0 aromatic rings. The van der Waals surface area contributed by atoms with Crippen LogP contribution in [-0.4, -0.2) is 60.1 Å². The number of hydrogen-bond donors (Lipinski definition) is 5. The smallest absolute Gasteiger partial charge is 0.245 e. The molecule has 2 aliphatic heterocycles. The van der Waals surface area contributed by atoms with Gasteiger partial charge >= 0.3 is 0 Å². The fourth-order valence-corrected chi connectivity index (χ4v) is 5.08. The number of carbonyl (C=O) groups is 1. The van der Waals surface area contributed by atoms with Crippen LogP contribution in [-0.2, 0) is 4.79 Å². The molecule has 3 aliphatic rings. The summed E-state index contributed by atoms with van der Waals surface area (Å²) in [6.07, 6.45) is 6.28. The van der Waals surface area contributed by atoms with Gasteiger partial charge in [0.2, 0.25) is 5.91 Å². The van der Waals surface area contributed by atoms with Crippen LogP contribution >= 0.6 is 11.6 Å². The number of guanidine groups is 1. The zero-order valence-corrected chi connectivity index (χ0v) is 21.4. The van der Waals surface area contributed by atoms with Gasteiger partial charge in [-0.1, -0.05) is 34.6 Å². The van der Waals surface area contributed by atoms with Gasteiger partial charge in [-0.3, -0.25) is 26.0 Å². The Bertz CT molecular complexity index is 657. The lowest BCUT2D eigenvalue weighted by Crippen LogP contribution is -2.54. The molecule has 184 valence electrons. The molecule has 1 amide bonds. The fourth-order valence-electron chi connectivity index (χ4n) is 4.83. The Morgan fingerprint density at radius 1 is 1.16 bits per heavy atom. The molecule has 9 heteroatoms. The second kappa shape index (κ2) is 11.0. The molecule has 2 heterocycles. The monoisotopic (exact) mass is 469 g/mol. The van der Waals surface area contributed by atoms with Crippen molar-refractivity contribution in [3.05, 3.63) is 0 Å². The van der Waals surface area contributed by atoms with Crippen molar-refractivity contribution in [3.63, 3.8) is 0 Å². The Morgan fingerprint density at radius 2 is 1.84 bits per heavy atom. The summed E-state index contributed by atoms with van der Waals surface area (Å²) in [4.78, 5) is 17.8. The minimum Gasteiger partial charge on any atom is -0.339 e. The molecule has 0 radical (unpaired) electrons. The van der Waals surface area contributed by atoms with Gasteiger partial charge in [-0.15, -0.1) is 11.6 Å². The van der Waals surface area contributed by atoms with Crippen molar-refractivity contribution in [2.75, 3.05) is 13.6 Å². The van der Waals surface area contributed by atoms with Crippen molar-refractivity contribution in [2.24, 2.45) is 22.2 Å². The maximum atomic E-state index is 13.1. The van der Waals surface area contributed by atoms with E-state index in [-0.39, 0.29) is 29.6 Å². The van der Waals surface area contributed by atoms with E-state index in [0.717, 1.165) is 25.7 Å². The number of amides is 1. The van der Waals surface area contributed by atoms with Gasteiger partial charge in [0.1, 0.15) is 6.04 Å². The number of carbonyl (C=O) groups excluding carboxylic acids is 1. The Balaban J connectivity index is 1.57. The minimum absolute atomic E-state index is 0.0234. The number of halogens is 1. The van der Waals surface area contributed by atoms with E-state index in [0.29, 0.717) is 35.8 Å². The van der Waals surface area contributed by atoms with Crippen LogP contribution in [0.15, 0.2) is 4.99 Å². The van der Waals surface area contributed by atoms with Gasteiger partial charge in [0.05, 0.1) is 6.17 Å². The van der Waals surface area contributed by atoms with Gasteiger partial charge in [0, 0.05) is 31.1 Å². The third-order valence-corrected chi connectivity index (χ3v) is 7.44. The maximum Gasteiger partial charge on any atom is 0.245 e. The van der Waals surface area contributed by atoms with Crippen molar-refractivity contribution >= 4 is 23.5 Å². The molecule has 1 saturated carbocycles. The van der Waals surface area contributed by atoms with Crippen LogP contribution in [0.1, 0.15) is 73.1 Å². The third kappa shape index (κ3) is 7.03. The molecule has 4 unspecified atom stereocenters. The van der Waals surface area contributed by atoms with Gasteiger partial charge in [-0.25, -0.2) is 10.4 Å². The summed E-state index contributed by atoms with van der Waals surface area (Å²) in [5.74, 6) is 1.59. The van der Waals surface area contributed by atoms with E-state index >= 15 is 0 Å². The molecule has 0 spiro atoms. The third-order valence-electron chi connectivity index (χ3n) is 7.00. The highest BCUT2D eigenvalue weighted by molar-refractivity contribution is 6.20. The molecule has 5 N–H and O–H groups in total. The number of hydrazine groups is 2. The summed E-state index contributed by atoms with van der Waals surface area (Å²) in [6.45, 7) is 11.5. The first-order valence-electron chi connectivity index (χ1n) is 12.3. The SMILES string of the molecule is CC(C)CN=C(NC(=O)C1CC(C(C)(C)C)NN1C)NC1CC(C2CCC(Cl)CC2)NN1. The number of aliphatic imine (C=N–C) groups is 1. The molecule has 3 fully saturated rings. The van der Waals surface area contributed by atoms with E-state index in [2.05, 4.69) is 66.5 Å². The molecule has 32 heavy (non-hydrogen) atoms. The predicted molar refractivity (Wildman–Crippen MR) is 131 cm³/mol. The van der Waals surface area contributed by atoms with Crippen LogP contribution in [0.5, 0.6) is 0 Å². The number of nitrogens with one attached hydrogen (secondary N) is 5. The van der Waals surface area contributed by atoms with E-state index < -0.39 is 0 Å². The van der Waals surface area contributed by atoms with E-state index in [1.165, 1.54) is 12.8 Å². The van der Waals surface area contributed by atoms with Crippen molar-refractivity contribution in [3.8, 4) is 0 Å². The van der Waals surface area contributed by atoms with Crippen molar-refractivity contribution in [1.82, 2.24) is 31.9 Å². The first kappa shape index (κ1) is 25.7. The Labute approximate surface area is 199 Å². The standard InChI is InChI=1S/C23H44ClN7O/c1-14(2)13-25-22(27-21(32)18-12-19(23(3,4)5)30-31(18)6)26-20-11-17(28-29-20)15-7-9-16(24)10-8-15/h14-20,28-30H,7-13H2,1-6H3,(H2,25,26,27,32). The van der Waals surface area contributed by atoms with Crippen LogP contribution in [0.4, 0.5) is 0 Å². The maximum absolute atomic E-state index is 13.1.